The lowest BCUT2D eigenvalue weighted by Gasteiger charge is -2.22. The van der Waals surface area contributed by atoms with Crippen LogP contribution in [0.2, 0.25) is 0 Å². The van der Waals surface area contributed by atoms with Crippen molar-refractivity contribution < 1.29 is 18.0 Å². The number of nitrogens with two attached hydrogens (primary N) is 1. The number of carbonyl (C=O) groups is 2. The summed E-state index contributed by atoms with van der Waals surface area (Å²) < 4.78 is 23.3. The summed E-state index contributed by atoms with van der Waals surface area (Å²) in [4.78, 5) is 30.6. The molecule has 1 heterocycles. The number of hydrogen-bond acceptors (Lipinski definition) is 5. The van der Waals surface area contributed by atoms with E-state index in [-0.39, 0.29) is 29.1 Å². The molecule has 0 radical (unpaired) electrons. The molecular formula is C37H41ClN4O4S. The summed E-state index contributed by atoms with van der Waals surface area (Å²) in [5.41, 5.74) is 5.25. The zero-order chi connectivity index (χ0) is 32.4. The van der Waals surface area contributed by atoms with Crippen LogP contribution in [0.5, 0.6) is 0 Å². The summed E-state index contributed by atoms with van der Waals surface area (Å²) in [6, 6.07) is 31.7. The fraction of sp³-hybridized carbons (Fsp3) is 0.243. The SMILES string of the molecule is Cl.NS(=O)(=O)c1ccc(CCN(Cc2cccc(-c3cccc(C(=O)NCCN4CCCC4)c3)c2)C(=O)/C=C/c2ccccc2)cc1. The first-order valence-electron chi connectivity index (χ1n) is 15.6. The number of carbonyl (C=O) groups excluding carboxylic acids is 2. The monoisotopic (exact) mass is 672 g/mol. The number of benzene rings is 4. The van der Waals surface area contributed by atoms with E-state index in [1.165, 1.54) is 25.0 Å². The van der Waals surface area contributed by atoms with Crippen molar-refractivity contribution >= 4 is 40.3 Å². The maximum Gasteiger partial charge on any atom is 0.251 e. The van der Waals surface area contributed by atoms with E-state index in [2.05, 4.69) is 10.2 Å². The second-order valence-corrected chi connectivity index (χ2v) is 13.1. The molecule has 0 spiro atoms. The predicted octanol–water partition coefficient (Wildman–Crippen LogP) is 5.53. The Hall–Kier alpha value is -4.28. The number of nitrogens with one attached hydrogen (secondary N) is 1. The highest BCUT2D eigenvalue weighted by Crippen LogP contribution is 2.23. The van der Waals surface area contributed by atoms with Crippen molar-refractivity contribution in [1.29, 1.82) is 0 Å². The van der Waals surface area contributed by atoms with Crippen LogP contribution in [0.15, 0.2) is 114 Å². The third-order valence-electron chi connectivity index (χ3n) is 8.12. The molecule has 0 aliphatic carbocycles. The van der Waals surface area contributed by atoms with Gasteiger partial charge in [-0.25, -0.2) is 13.6 Å². The number of amides is 2. The Morgan fingerprint density at radius 2 is 1.51 bits per heavy atom. The molecule has 1 fully saturated rings. The van der Waals surface area contributed by atoms with Crippen LogP contribution in [0.25, 0.3) is 17.2 Å². The molecule has 3 N–H and O–H groups in total. The highest BCUT2D eigenvalue weighted by atomic mass is 35.5. The molecule has 2 amide bonds. The van der Waals surface area contributed by atoms with Gasteiger partial charge in [0.05, 0.1) is 4.90 Å². The van der Waals surface area contributed by atoms with Gasteiger partial charge in [0.2, 0.25) is 15.9 Å². The van der Waals surface area contributed by atoms with Gasteiger partial charge in [0.15, 0.2) is 0 Å². The molecule has 0 bridgehead atoms. The molecule has 1 saturated heterocycles. The zero-order valence-corrected chi connectivity index (χ0v) is 27.9. The van der Waals surface area contributed by atoms with Crippen LogP contribution in [0, 0.1) is 0 Å². The van der Waals surface area contributed by atoms with E-state index in [1.54, 1.807) is 29.2 Å². The molecule has 4 aromatic carbocycles. The smallest absolute Gasteiger partial charge is 0.251 e. The molecule has 4 aromatic rings. The second-order valence-electron chi connectivity index (χ2n) is 11.5. The summed E-state index contributed by atoms with van der Waals surface area (Å²) in [5.74, 6) is -0.223. The maximum atomic E-state index is 13.5. The lowest BCUT2D eigenvalue weighted by molar-refractivity contribution is -0.126. The molecule has 8 nitrogen and oxygen atoms in total. The number of nitrogens with zero attached hydrogens (tertiary/aromatic N) is 2. The molecule has 0 saturated carbocycles. The van der Waals surface area contributed by atoms with Gasteiger partial charge in [-0.1, -0.05) is 72.8 Å². The Morgan fingerprint density at radius 1 is 0.830 bits per heavy atom. The first kappa shape index (κ1) is 35.6. The third-order valence-corrected chi connectivity index (χ3v) is 9.05. The van der Waals surface area contributed by atoms with Crippen LogP contribution in [-0.2, 0) is 27.8 Å². The van der Waals surface area contributed by atoms with Gasteiger partial charge >= 0.3 is 0 Å². The quantitative estimate of drug-likeness (QED) is 0.181. The first-order chi connectivity index (χ1) is 22.2. The third kappa shape index (κ3) is 10.6. The van der Waals surface area contributed by atoms with E-state index in [1.807, 2.05) is 78.9 Å². The van der Waals surface area contributed by atoms with Crippen molar-refractivity contribution in [2.24, 2.45) is 5.14 Å². The Labute approximate surface area is 283 Å². The van der Waals surface area contributed by atoms with Gasteiger partial charge in [0.25, 0.3) is 5.91 Å². The number of primary sulfonamides is 1. The van der Waals surface area contributed by atoms with Crippen molar-refractivity contribution in [2.45, 2.75) is 30.7 Å². The van der Waals surface area contributed by atoms with E-state index < -0.39 is 10.0 Å². The van der Waals surface area contributed by atoms with Crippen molar-refractivity contribution in [3.8, 4) is 11.1 Å². The van der Waals surface area contributed by atoms with Gasteiger partial charge in [-0.3, -0.25) is 9.59 Å². The molecule has 246 valence electrons. The lowest BCUT2D eigenvalue weighted by Crippen LogP contribution is -2.33. The van der Waals surface area contributed by atoms with Crippen LogP contribution in [0.3, 0.4) is 0 Å². The topological polar surface area (TPSA) is 113 Å². The molecule has 47 heavy (non-hydrogen) atoms. The minimum atomic E-state index is -3.78. The van der Waals surface area contributed by atoms with Gasteiger partial charge in [0.1, 0.15) is 0 Å². The highest BCUT2D eigenvalue weighted by molar-refractivity contribution is 7.89. The Morgan fingerprint density at radius 3 is 2.21 bits per heavy atom. The summed E-state index contributed by atoms with van der Waals surface area (Å²) in [7, 11) is -3.78. The van der Waals surface area contributed by atoms with Gasteiger partial charge in [-0.15, -0.1) is 12.4 Å². The molecule has 1 aliphatic heterocycles. The summed E-state index contributed by atoms with van der Waals surface area (Å²) in [6.45, 7) is 4.48. The average Bonchev–Trinajstić information content (AvgIpc) is 3.59. The fourth-order valence-electron chi connectivity index (χ4n) is 5.56. The summed E-state index contributed by atoms with van der Waals surface area (Å²) >= 11 is 0. The van der Waals surface area contributed by atoms with Gasteiger partial charge in [-0.05, 0) is 96.6 Å². The largest absolute Gasteiger partial charge is 0.351 e. The molecule has 0 aromatic heterocycles. The Kier molecular flexibility index (Phi) is 12.9. The van der Waals surface area contributed by atoms with Crippen molar-refractivity contribution in [2.75, 3.05) is 32.7 Å². The van der Waals surface area contributed by atoms with Gasteiger partial charge in [0, 0.05) is 37.8 Å². The van der Waals surface area contributed by atoms with Crippen LogP contribution in [-0.4, -0.2) is 62.8 Å². The van der Waals surface area contributed by atoms with Crippen LogP contribution < -0.4 is 10.5 Å². The molecular weight excluding hydrogens is 632 g/mol. The second kappa shape index (κ2) is 17.0. The van der Waals surface area contributed by atoms with Crippen LogP contribution in [0.4, 0.5) is 0 Å². The van der Waals surface area contributed by atoms with Gasteiger partial charge < -0.3 is 15.1 Å². The van der Waals surface area contributed by atoms with E-state index in [4.69, 9.17) is 5.14 Å². The summed E-state index contributed by atoms with van der Waals surface area (Å²) in [5, 5.41) is 8.29. The van der Waals surface area contributed by atoms with E-state index in [0.29, 0.717) is 31.6 Å². The fourth-order valence-corrected chi connectivity index (χ4v) is 6.08. The summed E-state index contributed by atoms with van der Waals surface area (Å²) in [6.07, 6.45) is 6.36. The Balaban J connectivity index is 0.00000500. The zero-order valence-electron chi connectivity index (χ0n) is 26.3. The molecule has 1 aliphatic rings. The minimum absolute atomic E-state index is 0. The van der Waals surface area contributed by atoms with Crippen LogP contribution in [0.1, 0.15) is 39.9 Å². The average molecular weight is 673 g/mol. The molecule has 10 heteroatoms. The number of likely N-dealkylation sites (tertiary alicyclic amines) is 1. The standard InChI is InChI=1S/C37H40N4O4S.ClH/c38-46(44,45)35-17-14-30(15-18-35)20-24-41(36(42)19-16-29-8-2-1-3-9-29)28-31-10-6-11-32(26-31)33-12-7-13-34(27-33)37(43)39-21-25-40-22-4-5-23-40;/h1-3,6-19,26-27H,4-5,20-25,28H2,(H,39,43)(H2,38,44,45);1H/b19-16+;. The Bertz CT molecular complexity index is 1770. The molecule has 0 unspecified atom stereocenters. The van der Waals surface area contributed by atoms with Gasteiger partial charge in [-0.2, -0.15) is 0 Å². The number of rotatable bonds is 13. The predicted molar refractivity (Wildman–Crippen MR) is 190 cm³/mol. The first-order valence-corrected chi connectivity index (χ1v) is 17.1. The number of halogens is 1. The van der Waals surface area contributed by atoms with E-state index in [9.17, 15) is 18.0 Å². The van der Waals surface area contributed by atoms with E-state index in [0.717, 1.165) is 47.5 Å². The van der Waals surface area contributed by atoms with Crippen molar-refractivity contribution in [3.63, 3.8) is 0 Å². The highest BCUT2D eigenvalue weighted by Gasteiger charge is 2.15. The molecule has 5 rings (SSSR count). The maximum absolute atomic E-state index is 13.5. The van der Waals surface area contributed by atoms with Crippen LogP contribution >= 0.6 is 12.4 Å². The van der Waals surface area contributed by atoms with Crippen molar-refractivity contribution in [3.05, 3.63) is 131 Å². The number of hydrogen-bond donors (Lipinski definition) is 2. The normalized spacial score (nSPS) is 13.3. The molecule has 0 atom stereocenters. The van der Waals surface area contributed by atoms with Crippen molar-refractivity contribution in [1.82, 2.24) is 15.1 Å². The number of sulfonamides is 1. The lowest BCUT2D eigenvalue weighted by atomic mass is 10.0. The minimum Gasteiger partial charge on any atom is -0.351 e. The van der Waals surface area contributed by atoms with E-state index >= 15 is 0 Å².